The van der Waals surface area contributed by atoms with Crippen LogP contribution >= 0.6 is 11.3 Å². The molecule has 0 bridgehead atoms. The summed E-state index contributed by atoms with van der Waals surface area (Å²) in [6, 6.07) is 4.55. The highest BCUT2D eigenvalue weighted by Gasteiger charge is 2.27. The minimum Gasteiger partial charge on any atom is -0.392 e. The standard InChI is InChI=1S/C17H29N3O2S/c1-4-15-11-19(7-8-20(15)10-13(2)21)12-17(22)18-14(3)16-6-5-9-23-16/h5-6,9,13-15,21H,4,7-8,10-12H2,1-3H3,(H,18,22)/t13-,14+,15+/m0/s1. The molecule has 3 atom stereocenters. The van der Waals surface area contributed by atoms with Crippen LogP contribution in [-0.2, 0) is 4.79 Å². The van der Waals surface area contributed by atoms with Crippen molar-refractivity contribution < 1.29 is 9.90 Å². The second kappa shape index (κ2) is 8.78. The summed E-state index contributed by atoms with van der Waals surface area (Å²) in [6.07, 6.45) is 0.738. The van der Waals surface area contributed by atoms with Crippen molar-refractivity contribution in [2.75, 3.05) is 32.7 Å². The van der Waals surface area contributed by atoms with Gasteiger partial charge in [-0.25, -0.2) is 0 Å². The molecule has 0 unspecified atom stereocenters. The van der Waals surface area contributed by atoms with E-state index in [1.54, 1.807) is 11.3 Å². The van der Waals surface area contributed by atoms with Gasteiger partial charge in [-0.1, -0.05) is 13.0 Å². The van der Waals surface area contributed by atoms with Crippen LogP contribution < -0.4 is 5.32 Å². The molecule has 1 saturated heterocycles. The summed E-state index contributed by atoms with van der Waals surface area (Å²) >= 11 is 1.67. The summed E-state index contributed by atoms with van der Waals surface area (Å²) in [7, 11) is 0. The molecule has 0 spiro atoms. The predicted octanol–water partition coefficient (Wildman–Crippen LogP) is 1.70. The van der Waals surface area contributed by atoms with Gasteiger partial charge in [-0.2, -0.15) is 0 Å². The van der Waals surface area contributed by atoms with Crippen LogP contribution in [0.15, 0.2) is 17.5 Å². The van der Waals surface area contributed by atoms with Gasteiger partial charge in [-0.05, 0) is 31.7 Å². The number of β-amino-alcohol motifs (C(OH)–C–C–N with tert-alkyl or cyclic N) is 1. The number of nitrogens with zero attached hydrogens (tertiary/aromatic N) is 2. The van der Waals surface area contributed by atoms with Crippen LogP contribution in [-0.4, -0.2) is 65.7 Å². The maximum Gasteiger partial charge on any atom is 0.234 e. The van der Waals surface area contributed by atoms with Gasteiger partial charge in [-0.15, -0.1) is 11.3 Å². The second-order valence-corrected chi connectivity index (χ2v) is 7.43. The van der Waals surface area contributed by atoms with Crippen molar-refractivity contribution in [3.8, 4) is 0 Å². The highest BCUT2D eigenvalue weighted by atomic mass is 32.1. The summed E-state index contributed by atoms with van der Waals surface area (Å²) in [5, 5.41) is 14.7. The van der Waals surface area contributed by atoms with E-state index >= 15 is 0 Å². The molecule has 0 radical (unpaired) electrons. The van der Waals surface area contributed by atoms with E-state index in [9.17, 15) is 9.90 Å². The normalized spacial score (nSPS) is 22.7. The number of carbonyl (C=O) groups excluding carboxylic acids is 1. The number of piperazine rings is 1. The van der Waals surface area contributed by atoms with E-state index in [2.05, 4.69) is 28.1 Å². The Kier molecular flexibility index (Phi) is 7.02. The van der Waals surface area contributed by atoms with Crippen molar-refractivity contribution in [2.45, 2.75) is 45.4 Å². The lowest BCUT2D eigenvalue weighted by Crippen LogP contribution is -2.56. The molecular formula is C17H29N3O2S. The summed E-state index contributed by atoms with van der Waals surface area (Å²) < 4.78 is 0. The number of nitrogens with one attached hydrogen (secondary N) is 1. The maximum absolute atomic E-state index is 12.3. The van der Waals surface area contributed by atoms with E-state index in [0.717, 1.165) is 26.1 Å². The largest absolute Gasteiger partial charge is 0.392 e. The monoisotopic (exact) mass is 339 g/mol. The average molecular weight is 340 g/mol. The molecule has 130 valence electrons. The third-order valence-electron chi connectivity index (χ3n) is 4.37. The van der Waals surface area contributed by atoms with E-state index in [0.29, 0.717) is 19.1 Å². The maximum atomic E-state index is 12.3. The van der Waals surface area contributed by atoms with Crippen molar-refractivity contribution in [3.05, 3.63) is 22.4 Å². The van der Waals surface area contributed by atoms with E-state index in [1.807, 2.05) is 25.3 Å². The Morgan fingerprint density at radius 1 is 1.48 bits per heavy atom. The molecule has 23 heavy (non-hydrogen) atoms. The summed E-state index contributed by atoms with van der Waals surface area (Å²) in [6.45, 7) is 9.88. The predicted molar refractivity (Wildman–Crippen MR) is 94.6 cm³/mol. The van der Waals surface area contributed by atoms with Crippen LogP contribution in [0.3, 0.4) is 0 Å². The highest BCUT2D eigenvalue weighted by Crippen LogP contribution is 2.18. The fourth-order valence-corrected chi connectivity index (χ4v) is 3.90. The zero-order chi connectivity index (χ0) is 16.8. The molecule has 1 fully saturated rings. The first-order valence-electron chi connectivity index (χ1n) is 8.46. The van der Waals surface area contributed by atoms with Gasteiger partial charge in [0.1, 0.15) is 0 Å². The summed E-state index contributed by atoms with van der Waals surface area (Å²) in [5.74, 6) is 0.0877. The number of aliphatic hydroxyl groups is 1. The van der Waals surface area contributed by atoms with Crippen molar-refractivity contribution in [3.63, 3.8) is 0 Å². The zero-order valence-corrected chi connectivity index (χ0v) is 15.2. The third kappa shape index (κ3) is 5.57. The molecule has 0 saturated carbocycles. The Morgan fingerprint density at radius 3 is 2.87 bits per heavy atom. The van der Waals surface area contributed by atoms with Crippen LogP contribution in [0.25, 0.3) is 0 Å². The first-order chi connectivity index (χ1) is 11.0. The molecule has 2 N–H and O–H groups in total. The number of thiophene rings is 1. The van der Waals surface area contributed by atoms with Crippen LogP contribution in [0.4, 0.5) is 0 Å². The average Bonchev–Trinajstić information content (AvgIpc) is 3.02. The Hall–Kier alpha value is -0.950. The molecule has 2 heterocycles. The molecule has 1 aliphatic rings. The topological polar surface area (TPSA) is 55.8 Å². The minimum absolute atomic E-state index is 0.0704. The molecule has 1 aromatic rings. The van der Waals surface area contributed by atoms with Gasteiger partial charge >= 0.3 is 0 Å². The number of hydrogen-bond acceptors (Lipinski definition) is 5. The minimum atomic E-state index is -0.300. The van der Waals surface area contributed by atoms with E-state index in [1.165, 1.54) is 4.88 Å². The fraction of sp³-hybridized carbons (Fsp3) is 0.706. The van der Waals surface area contributed by atoms with Gasteiger partial charge < -0.3 is 10.4 Å². The molecular weight excluding hydrogens is 310 g/mol. The Balaban J connectivity index is 1.80. The number of hydrogen-bond donors (Lipinski definition) is 2. The molecule has 2 rings (SSSR count). The fourth-order valence-electron chi connectivity index (χ4n) is 3.17. The van der Waals surface area contributed by atoms with E-state index in [4.69, 9.17) is 0 Å². The Morgan fingerprint density at radius 2 is 2.26 bits per heavy atom. The van der Waals surface area contributed by atoms with Gasteiger partial charge in [0.15, 0.2) is 0 Å². The van der Waals surface area contributed by atoms with Crippen LogP contribution in [0.2, 0.25) is 0 Å². The van der Waals surface area contributed by atoms with Crippen LogP contribution in [0, 0.1) is 0 Å². The summed E-state index contributed by atoms with van der Waals surface area (Å²) in [4.78, 5) is 18.0. The van der Waals surface area contributed by atoms with Crippen molar-refractivity contribution in [1.29, 1.82) is 0 Å². The number of amides is 1. The smallest absolute Gasteiger partial charge is 0.234 e. The van der Waals surface area contributed by atoms with Crippen LogP contribution in [0.1, 0.15) is 38.1 Å². The molecule has 1 amide bonds. The quantitative estimate of drug-likeness (QED) is 0.794. The Labute approximate surface area is 143 Å². The van der Waals surface area contributed by atoms with Crippen LogP contribution in [0.5, 0.6) is 0 Å². The second-order valence-electron chi connectivity index (χ2n) is 6.45. The lowest BCUT2D eigenvalue weighted by molar-refractivity contribution is -0.123. The van der Waals surface area contributed by atoms with Crippen molar-refractivity contribution >= 4 is 17.2 Å². The van der Waals surface area contributed by atoms with Gasteiger partial charge in [0, 0.05) is 37.1 Å². The van der Waals surface area contributed by atoms with Crippen molar-refractivity contribution in [1.82, 2.24) is 15.1 Å². The summed E-state index contributed by atoms with van der Waals surface area (Å²) in [5.41, 5.74) is 0. The lowest BCUT2D eigenvalue weighted by Gasteiger charge is -2.41. The number of aliphatic hydroxyl groups excluding tert-OH is 1. The molecule has 0 aromatic carbocycles. The SMILES string of the molecule is CC[C@@H]1CN(CC(=O)N[C@H](C)c2cccs2)CCN1C[C@H](C)O. The van der Waals surface area contributed by atoms with Gasteiger partial charge in [0.05, 0.1) is 18.7 Å². The molecule has 6 heteroatoms. The molecule has 1 aliphatic heterocycles. The van der Waals surface area contributed by atoms with Gasteiger partial charge in [-0.3, -0.25) is 14.6 Å². The highest BCUT2D eigenvalue weighted by molar-refractivity contribution is 7.10. The van der Waals surface area contributed by atoms with E-state index < -0.39 is 0 Å². The van der Waals surface area contributed by atoms with Crippen molar-refractivity contribution in [2.24, 2.45) is 0 Å². The number of carbonyl (C=O) groups is 1. The van der Waals surface area contributed by atoms with Gasteiger partial charge in [0.25, 0.3) is 0 Å². The first-order valence-corrected chi connectivity index (χ1v) is 9.34. The lowest BCUT2D eigenvalue weighted by atomic mass is 10.1. The molecule has 5 nitrogen and oxygen atoms in total. The zero-order valence-electron chi connectivity index (χ0n) is 14.4. The number of rotatable bonds is 7. The van der Waals surface area contributed by atoms with Gasteiger partial charge in [0.2, 0.25) is 5.91 Å². The Bertz CT molecular complexity index is 478. The van der Waals surface area contributed by atoms with E-state index in [-0.39, 0.29) is 18.1 Å². The third-order valence-corrected chi connectivity index (χ3v) is 5.43. The first kappa shape index (κ1) is 18.4. The molecule has 1 aromatic heterocycles. The molecule has 0 aliphatic carbocycles.